The van der Waals surface area contributed by atoms with Gasteiger partial charge in [-0.3, -0.25) is 0 Å². The first-order valence-corrected chi connectivity index (χ1v) is 11.2. The molecule has 0 aromatic heterocycles. The van der Waals surface area contributed by atoms with Gasteiger partial charge < -0.3 is 34.0 Å². The van der Waals surface area contributed by atoms with E-state index in [1.54, 1.807) is 0 Å². The van der Waals surface area contributed by atoms with Crippen molar-refractivity contribution in [3.8, 4) is 11.1 Å². The van der Waals surface area contributed by atoms with E-state index < -0.39 is 0 Å². The molecule has 0 aliphatic carbocycles. The number of rotatable bonds is 1. The van der Waals surface area contributed by atoms with Crippen molar-refractivity contribution in [2.45, 2.75) is 26.2 Å². The average molecular weight is 691 g/mol. The van der Waals surface area contributed by atoms with Crippen molar-refractivity contribution in [1.82, 2.24) is 0 Å². The summed E-state index contributed by atoms with van der Waals surface area (Å²) in [6, 6.07) is 32.7. The van der Waals surface area contributed by atoms with Crippen LogP contribution in [0.1, 0.15) is 26.3 Å². The molecular formula is C32H28Br2Sn. The van der Waals surface area contributed by atoms with Gasteiger partial charge in [0, 0.05) is 0 Å². The van der Waals surface area contributed by atoms with E-state index in [2.05, 4.69) is 125 Å². The topological polar surface area (TPSA) is 0 Å². The third-order valence-corrected chi connectivity index (χ3v) is 6.48. The van der Waals surface area contributed by atoms with Crippen molar-refractivity contribution in [3.63, 3.8) is 0 Å². The van der Waals surface area contributed by atoms with E-state index in [4.69, 9.17) is 0 Å². The fourth-order valence-corrected chi connectivity index (χ4v) is 4.70. The third-order valence-electron chi connectivity index (χ3n) is 6.48. The van der Waals surface area contributed by atoms with Crippen LogP contribution in [0.4, 0.5) is 0 Å². The number of hydrogen-bond donors (Lipinski definition) is 0. The fraction of sp³-hybridized carbons (Fsp3) is 0.125. The summed E-state index contributed by atoms with van der Waals surface area (Å²) < 4.78 is 0. The molecule has 0 unspecified atom stereocenters. The molecule has 174 valence electrons. The van der Waals surface area contributed by atoms with Gasteiger partial charge in [-0.05, 0) is 70.6 Å². The zero-order chi connectivity index (χ0) is 22.5. The zero-order valence-electron chi connectivity index (χ0n) is 20.3. The molecule has 0 amide bonds. The molecule has 0 atom stereocenters. The SMILES string of the molecule is C=c1ccc2ccccc2c1=c1c(=C)c(-c2ccc(C(C)(C)C)cc2)cc2ccccc12.[Br-].[Br-].[Sn+2]. The maximum atomic E-state index is 4.61. The van der Waals surface area contributed by atoms with Gasteiger partial charge in [-0.25, -0.2) is 0 Å². The predicted octanol–water partition coefficient (Wildman–Crippen LogP) is 0.692. The number of benzene rings is 5. The average Bonchev–Trinajstić information content (AvgIpc) is 2.79. The summed E-state index contributed by atoms with van der Waals surface area (Å²) in [7, 11) is 0. The molecule has 0 spiro atoms. The minimum absolute atomic E-state index is 0. The molecule has 0 saturated heterocycles. The molecule has 0 N–H and O–H groups in total. The maximum absolute atomic E-state index is 4.61. The summed E-state index contributed by atoms with van der Waals surface area (Å²) in [5.41, 5.74) is 3.83. The van der Waals surface area contributed by atoms with Crippen LogP contribution in [0.25, 0.3) is 45.8 Å². The van der Waals surface area contributed by atoms with Gasteiger partial charge >= 0.3 is 23.9 Å². The van der Waals surface area contributed by atoms with Gasteiger partial charge in [-0.15, -0.1) is 0 Å². The van der Waals surface area contributed by atoms with Gasteiger partial charge in [0.2, 0.25) is 0 Å². The first-order valence-electron chi connectivity index (χ1n) is 11.2. The second-order valence-corrected chi connectivity index (χ2v) is 9.65. The Kier molecular flexibility index (Phi) is 9.60. The first kappa shape index (κ1) is 29.3. The molecule has 0 bridgehead atoms. The van der Waals surface area contributed by atoms with Crippen LogP contribution in [-0.2, 0) is 5.41 Å². The molecule has 5 aromatic rings. The van der Waals surface area contributed by atoms with Crippen molar-refractivity contribution in [2.75, 3.05) is 0 Å². The Hall–Kier alpha value is -1.88. The van der Waals surface area contributed by atoms with Gasteiger partial charge in [-0.2, -0.15) is 0 Å². The Morgan fingerprint density at radius 1 is 0.600 bits per heavy atom. The van der Waals surface area contributed by atoms with Crippen LogP contribution in [-0.4, -0.2) is 23.9 Å². The van der Waals surface area contributed by atoms with Crippen LogP contribution in [0.3, 0.4) is 0 Å². The summed E-state index contributed by atoms with van der Waals surface area (Å²) >= 11 is 0. The van der Waals surface area contributed by atoms with Crippen molar-refractivity contribution >= 4 is 58.6 Å². The smallest absolute Gasteiger partial charge is 1.00 e. The molecule has 0 nitrogen and oxygen atoms in total. The van der Waals surface area contributed by atoms with Gasteiger partial charge in [0.25, 0.3) is 0 Å². The Morgan fingerprint density at radius 2 is 1.14 bits per heavy atom. The summed E-state index contributed by atoms with van der Waals surface area (Å²) in [6.07, 6.45) is 0. The van der Waals surface area contributed by atoms with Crippen LogP contribution < -0.4 is 44.4 Å². The maximum Gasteiger partial charge on any atom is 2.00 e. The number of fused-ring (bicyclic) bond motifs is 2. The van der Waals surface area contributed by atoms with Crippen molar-refractivity contribution < 1.29 is 34.0 Å². The molecule has 0 saturated carbocycles. The number of halogens is 2. The molecule has 2 radical (unpaired) electrons. The number of hydrogen-bond acceptors (Lipinski definition) is 0. The van der Waals surface area contributed by atoms with E-state index in [0.717, 1.165) is 10.4 Å². The summed E-state index contributed by atoms with van der Waals surface area (Å²) in [6.45, 7) is 15.8. The molecule has 3 heteroatoms. The van der Waals surface area contributed by atoms with E-state index in [1.165, 1.54) is 48.7 Å². The van der Waals surface area contributed by atoms with Crippen LogP contribution in [0.15, 0.2) is 91.0 Å². The fourth-order valence-electron chi connectivity index (χ4n) is 4.70. The molecule has 0 aliphatic rings. The Morgan fingerprint density at radius 3 is 1.74 bits per heavy atom. The Bertz CT molecular complexity index is 1680. The molecule has 0 fully saturated rings. The summed E-state index contributed by atoms with van der Waals surface area (Å²) in [4.78, 5) is 0. The monoisotopic (exact) mass is 690 g/mol. The van der Waals surface area contributed by atoms with Gasteiger partial charge in [-0.1, -0.05) is 119 Å². The van der Waals surface area contributed by atoms with Crippen LogP contribution in [0.2, 0.25) is 0 Å². The van der Waals surface area contributed by atoms with Crippen LogP contribution in [0, 0.1) is 10.4 Å². The van der Waals surface area contributed by atoms with Crippen molar-refractivity contribution in [2.24, 2.45) is 0 Å². The molecule has 35 heavy (non-hydrogen) atoms. The van der Waals surface area contributed by atoms with E-state index in [1.807, 2.05) is 0 Å². The standard InChI is InChI=1S/C32H28.2BrH.Sn/c1-21-14-15-23-10-6-8-12-27(23)30(21)31-22(2)29(20-25-11-7-9-13-28(25)31)24-16-18-26(19-17-24)32(3,4)5;;;/h6-20H,1-2H2,3-5H3;2*1H;/q;;;+2/p-2. The van der Waals surface area contributed by atoms with Gasteiger partial charge in [0.05, 0.1) is 0 Å². The van der Waals surface area contributed by atoms with E-state index >= 15 is 0 Å². The first-order chi connectivity index (χ1) is 15.3. The summed E-state index contributed by atoms with van der Waals surface area (Å²) in [5, 5.41) is 9.31. The van der Waals surface area contributed by atoms with Gasteiger partial charge in [0.15, 0.2) is 0 Å². The van der Waals surface area contributed by atoms with Crippen LogP contribution >= 0.6 is 0 Å². The second kappa shape index (κ2) is 11.5. The molecule has 5 aromatic carbocycles. The zero-order valence-corrected chi connectivity index (χ0v) is 26.4. The minimum atomic E-state index is 0. The minimum Gasteiger partial charge on any atom is -1.00 e. The summed E-state index contributed by atoms with van der Waals surface area (Å²) in [5.74, 6) is 0. The van der Waals surface area contributed by atoms with Crippen LogP contribution in [0.5, 0.6) is 0 Å². The van der Waals surface area contributed by atoms with E-state index in [-0.39, 0.29) is 63.3 Å². The predicted molar refractivity (Wildman–Crippen MR) is 146 cm³/mol. The Balaban J connectivity index is 0.00000144. The third kappa shape index (κ3) is 5.45. The molecule has 5 rings (SSSR count). The normalized spacial score (nSPS) is 11.9. The van der Waals surface area contributed by atoms with Crippen molar-refractivity contribution in [3.05, 3.63) is 117 Å². The Labute approximate surface area is 245 Å². The second-order valence-electron chi connectivity index (χ2n) is 9.65. The molecular weight excluding hydrogens is 663 g/mol. The van der Waals surface area contributed by atoms with E-state index in [9.17, 15) is 0 Å². The quantitative estimate of drug-likeness (QED) is 0.228. The van der Waals surface area contributed by atoms with Crippen molar-refractivity contribution in [1.29, 1.82) is 0 Å². The largest absolute Gasteiger partial charge is 2.00 e. The van der Waals surface area contributed by atoms with Gasteiger partial charge in [0.1, 0.15) is 0 Å². The van der Waals surface area contributed by atoms with E-state index in [0.29, 0.717) is 0 Å². The molecule has 0 heterocycles. The molecule has 0 aliphatic heterocycles.